The summed E-state index contributed by atoms with van der Waals surface area (Å²) in [6.07, 6.45) is 1.43. The minimum atomic E-state index is 0.318. The Labute approximate surface area is 128 Å². The van der Waals surface area contributed by atoms with E-state index in [1.165, 1.54) is 5.56 Å². The van der Waals surface area contributed by atoms with Crippen LogP contribution in [0.2, 0.25) is 0 Å². The summed E-state index contributed by atoms with van der Waals surface area (Å²) in [6, 6.07) is 2.67. The molecule has 2 heterocycles. The Bertz CT molecular complexity index is 442. The summed E-state index contributed by atoms with van der Waals surface area (Å²) in [5, 5.41) is 3.44. The Morgan fingerprint density at radius 2 is 2.19 bits per heavy atom. The monoisotopic (exact) mass is 294 g/mol. The van der Waals surface area contributed by atoms with Crippen LogP contribution in [0.1, 0.15) is 44.3 Å². The van der Waals surface area contributed by atoms with Crippen molar-refractivity contribution in [3.05, 3.63) is 23.2 Å². The zero-order chi connectivity index (χ0) is 15.4. The third-order valence-electron chi connectivity index (χ3n) is 4.22. The van der Waals surface area contributed by atoms with Gasteiger partial charge in [-0.1, -0.05) is 13.8 Å². The lowest BCUT2D eigenvalue weighted by Crippen LogP contribution is -2.36. The van der Waals surface area contributed by atoms with Crippen LogP contribution < -0.4 is 5.32 Å². The van der Waals surface area contributed by atoms with E-state index in [-0.39, 0.29) is 0 Å². The number of likely N-dealkylation sites (N-methyl/N-ethyl adjacent to an activating group) is 1. The van der Waals surface area contributed by atoms with E-state index in [2.05, 4.69) is 51.0 Å². The molecule has 4 nitrogen and oxygen atoms in total. The molecule has 1 aromatic rings. The zero-order valence-electron chi connectivity index (χ0n) is 14.1. The predicted molar refractivity (Wildman–Crippen MR) is 85.3 cm³/mol. The molecule has 1 aliphatic heterocycles. The van der Waals surface area contributed by atoms with Gasteiger partial charge in [-0.25, -0.2) is 0 Å². The fourth-order valence-electron chi connectivity index (χ4n) is 2.98. The van der Waals surface area contributed by atoms with Gasteiger partial charge in [-0.05, 0) is 51.4 Å². The molecule has 1 fully saturated rings. The maximum atomic E-state index is 6.02. The van der Waals surface area contributed by atoms with E-state index < -0.39 is 0 Å². The van der Waals surface area contributed by atoms with Crippen LogP contribution in [-0.2, 0) is 17.8 Å². The second-order valence-corrected chi connectivity index (χ2v) is 6.69. The van der Waals surface area contributed by atoms with Gasteiger partial charge in [-0.3, -0.25) is 4.90 Å². The van der Waals surface area contributed by atoms with Gasteiger partial charge in [0.05, 0.1) is 19.2 Å². The highest BCUT2D eigenvalue weighted by molar-refractivity contribution is 5.20. The second kappa shape index (κ2) is 7.43. The van der Waals surface area contributed by atoms with Gasteiger partial charge in [0.2, 0.25) is 0 Å². The summed E-state index contributed by atoms with van der Waals surface area (Å²) >= 11 is 0. The molecule has 0 amide bonds. The number of rotatable bonds is 7. The molecule has 1 aliphatic rings. The van der Waals surface area contributed by atoms with Crippen LogP contribution in [0.25, 0.3) is 0 Å². The van der Waals surface area contributed by atoms with Crippen molar-refractivity contribution in [1.82, 2.24) is 10.2 Å². The van der Waals surface area contributed by atoms with Crippen molar-refractivity contribution >= 4 is 0 Å². The van der Waals surface area contributed by atoms with E-state index in [4.69, 9.17) is 9.15 Å². The van der Waals surface area contributed by atoms with Crippen molar-refractivity contribution in [3.8, 4) is 0 Å². The summed E-state index contributed by atoms with van der Waals surface area (Å²) < 4.78 is 11.7. The van der Waals surface area contributed by atoms with E-state index in [0.29, 0.717) is 18.1 Å². The lowest BCUT2D eigenvalue weighted by molar-refractivity contribution is 0.0790. The lowest BCUT2D eigenvalue weighted by Gasteiger charge is -2.25. The first-order chi connectivity index (χ1) is 9.97. The Hall–Kier alpha value is -0.840. The molecule has 2 atom stereocenters. The van der Waals surface area contributed by atoms with Crippen LogP contribution in [0.5, 0.6) is 0 Å². The Kier molecular flexibility index (Phi) is 5.85. The van der Waals surface area contributed by atoms with Crippen LogP contribution in [-0.4, -0.2) is 37.2 Å². The van der Waals surface area contributed by atoms with E-state index in [1.807, 2.05) is 0 Å². The van der Waals surface area contributed by atoms with Gasteiger partial charge in [0.25, 0.3) is 0 Å². The Morgan fingerprint density at radius 3 is 2.81 bits per heavy atom. The molecule has 0 saturated carbocycles. The van der Waals surface area contributed by atoms with Gasteiger partial charge in [0.1, 0.15) is 11.5 Å². The Morgan fingerprint density at radius 1 is 1.43 bits per heavy atom. The number of aryl methyl sites for hydroxylation is 1. The zero-order valence-corrected chi connectivity index (χ0v) is 14.1. The third-order valence-corrected chi connectivity index (χ3v) is 4.22. The number of nitrogens with one attached hydrogen (secondary N) is 1. The van der Waals surface area contributed by atoms with Gasteiger partial charge in [-0.2, -0.15) is 0 Å². The minimum Gasteiger partial charge on any atom is -0.463 e. The van der Waals surface area contributed by atoms with Crippen molar-refractivity contribution in [3.63, 3.8) is 0 Å². The molecule has 21 heavy (non-hydrogen) atoms. The molecule has 0 spiro atoms. The molecule has 1 aromatic heterocycles. The smallest absolute Gasteiger partial charge is 0.120 e. The molecule has 2 rings (SSSR count). The SMILES string of the molecule is Cc1cc(CN(C)C2CCOC2C)oc1CNCC(C)C. The van der Waals surface area contributed by atoms with Gasteiger partial charge in [0.15, 0.2) is 0 Å². The van der Waals surface area contributed by atoms with E-state index in [0.717, 1.165) is 44.2 Å². The summed E-state index contributed by atoms with van der Waals surface area (Å²) in [6.45, 7) is 12.3. The van der Waals surface area contributed by atoms with Crippen LogP contribution in [0.4, 0.5) is 0 Å². The molecule has 1 N–H and O–H groups in total. The molecular weight excluding hydrogens is 264 g/mol. The van der Waals surface area contributed by atoms with E-state index in [1.54, 1.807) is 0 Å². The first-order valence-corrected chi connectivity index (χ1v) is 8.08. The van der Waals surface area contributed by atoms with Crippen molar-refractivity contribution in [2.45, 2.75) is 59.4 Å². The lowest BCUT2D eigenvalue weighted by atomic mass is 10.1. The highest BCUT2D eigenvalue weighted by Crippen LogP contribution is 2.22. The number of nitrogens with zero attached hydrogens (tertiary/aromatic N) is 1. The van der Waals surface area contributed by atoms with Crippen LogP contribution >= 0.6 is 0 Å². The number of furan rings is 1. The number of hydrogen-bond acceptors (Lipinski definition) is 4. The topological polar surface area (TPSA) is 37.6 Å². The van der Waals surface area contributed by atoms with Gasteiger partial charge in [-0.15, -0.1) is 0 Å². The molecule has 0 bridgehead atoms. The van der Waals surface area contributed by atoms with Crippen molar-refractivity contribution < 1.29 is 9.15 Å². The normalized spacial score (nSPS) is 22.6. The van der Waals surface area contributed by atoms with Gasteiger partial charge >= 0.3 is 0 Å². The summed E-state index contributed by atoms with van der Waals surface area (Å²) in [7, 11) is 2.16. The van der Waals surface area contributed by atoms with Crippen molar-refractivity contribution in [1.29, 1.82) is 0 Å². The average Bonchev–Trinajstić information content (AvgIpc) is 2.96. The molecule has 2 unspecified atom stereocenters. The van der Waals surface area contributed by atoms with Crippen molar-refractivity contribution in [2.75, 3.05) is 20.2 Å². The molecule has 0 aliphatic carbocycles. The highest BCUT2D eigenvalue weighted by atomic mass is 16.5. The highest BCUT2D eigenvalue weighted by Gasteiger charge is 2.28. The fourth-order valence-corrected chi connectivity index (χ4v) is 2.98. The van der Waals surface area contributed by atoms with Crippen LogP contribution in [0.3, 0.4) is 0 Å². The summed E-state index contributed by atoms with van der Waals surface area (Å²) in [5.41, 5.74) is 1.24. The molecule has 4 heteroatoms. The standard InChI is InChI=1S/C17H30N2O2/c1-12(2)9-18-10-17-13(3)8-15(21-17)11-19(5)16-6-7-20-14(16)4/h8,12,14,16,18H,6-7,9-11H2,1-5H3. The maximum Gasteiger partial charge on any atom is 0.120 e. The fraction of sp³-hybridized carbons (Fsp3) is 0.765. The molecule has 1 saturated heterocycles. The first kappa shape index (κ1) is 16.5. The summed E-state index contributed by atoms with van der Waals surface area (Å²) in [5.74, 6) is 2.78. The second-order valence-electron chi connectivity index (χ2n) is 6.69. The first-order valence-electron chi connectivity index (χ1n) is 8.08. The quantitative estimate of drug-likeness (QED) is 0.839. The number of hydrogen-bond donors (Lipinski definition) is 1. The minimum absolute atomic E-state index is 0.318. The molecule has 0 aromatic carbocycles. The van der Waals surface area contributed by atoms with Gasteiger partial charge < -0.3 is 14.5 Å². The van der Waals surface area contributed by atoms with Gasteiger partial charge in [0, 0.05) is 12.6 Å². The molecule has 0 radical (unpaired) electrons. The third kappa shape index (κ3) is 4.56. The van der Waals surface area contributed by atoms with E-state index in [9.17, 15) is 0 Å². The molecular formula is C17H30N2O2. The summed E-state index contributed by atoms with van der Waals surface area (Å²) in [4.78, 5) is 2.35. The predicted octanol–water partition coefficient (Wildman–Crippen LogP) is 2.94. The van der Waals surface area contributed by atoms with Crippen molar-refractivity contribution in [2.24, 2.45) is 5.92 Å². The van der Waals surface area contributed by atoms with Crippen LogP contribution in [0, 0.1) is 12.8 Å². The van der Waals surface area contributed by atoms with Crippen LogP contribution in [0.15, 0.2) is 10.5 Å². The Balaban J connectivity index is 1.89. The number of ether oxygens (including phenoxy) is 1. The maximum absolute atomic E-state index is 6.02. The largest absolute Gasteiger partial charge is 0.463 e. The average molecular weight is 294 g/mol. The molecule has 120 valence electrons. The van der Waals surface area contributed by atoms with E-state index >= 15 is 0 Å².